The molecule has 7 nitrogen and oxygen atoms in total. The summed E-state index contributed by atoms with van der Waals surface area (Å²) in [5.41, 5.74) is 6.68. The topological polar surface area (TPSA) is 85.1 Å². The highest BCUT2D eigenvalue weighted by Crippen LogP contribution is 2.15. The molecule has 24 heavy (non-hydrogen) atoms. The maximum Gasteiger partial charge on any atom is 0.415 e. The first-order chi connectivity index (χ1) is 11.5. The molecule has 2 rings (SSSR count). The Labute approximate surface area is 142 Å². The van der Waals surface area contributed by atoms with Crippen molar-refractivity contribution in [2.24, 2.45) is 5.73 Å². The van der Waals surface area contributed by atoms with Crippen LogP contribution >= 0.6 is 0 Å². The Morgan fingerprint density at radius 2 is 1.79 bits per heavy atom. The minimum Gasteiger partial charge on any atom is -0.465 e. The van der Waals surface area contributed by atoms with Gasteiger partial charge in [0.05, 0.1) is 6.61 Å². The fourth-order valence-electron chi connectivity index (χ4n) is 2.43. The third-order valence-corrected chi connectivity index (χ3v) is 3.93. The van der Waals surface area contributed by atoms with E-state index >= 15 is 0 Å². The smallest absolute Gasteiger partial charge is 0.415 e. The third kappa shape index (κ3) is 5.21. The van der Waals surface area contributed by atoms with Gasteiger partial charge in [-0.3, -0.25) is 4.79 Å². The lowest BCUT2D eigenvalue weighted by Crippen LogP contribution is -2.48. The number of esters is 1. The molecule has 132 valence electrons. The quantitative estimate of drug-likeness (QED) is 0.804. The minimum absolute atomic E-state index is 0.313. The first-order valence-corrected chi connectivity index (χ1v) is 8.16. The van der Waals surface area contributed by atoms with E-state index in [9.17, 15) is 9.59 Å². The predicted molar refractivity (Wildman–Crippen MR) is 89.8 cm³/mol. The van der Waals surface area contributed by atoms with Gasteiger partial charge in [0.15, 0.2) is 0 Å². The first kappa shape index (κ1) is 18.2. The van der Waals surface area contributed by atoms with E-state index in [1.165, 1.54) is 0 Å². The molecular weight excluding hydrogens is 310 g/mol. The van der Waals surface area contributed by atoms with Crippen LogP contribution in [-0.2, 0) is 16.0 Å². The van der Waals surface area contributed by atoms with E-state index in [2.05, 4.69) is 4.90 Å². The maximum atomic E-state index is 12.1. The lowest BCUT2D eigenvalue weighted by atomic mass is 10.1. The zero-order valence-electron chi connectivity index (χ0n) is 14.2. The number of likely N-dealkylation sites (N-methyl/N-ethyl adjacent to an activating group) is 1. The van der Waals surface area contributed by atoms with Crippen molar-refractivity contribution in [3.63, 3.8) is 0 Å². The van der Waals surface area contributed by atoms with Crippen molar-refractivity contribution in [1.82, 2.24) is 9.80 Å². The summed E-state index contributed by atoms with van der Waals surface area (Å²) in [6.07, 6.45) is 0.0463. The lowest BCUT2D eigenvalue weighted by Gasteiger charge is -2.31. The van der Waals surface area contributed by atoms with Gasteiger partial charge in [-0.25, -0.2) is 4.79 Å². The molecule has 0 aromatic heterocycles. The second-order valence-electron chi connectivity index (χ2n) is 5.86. The maximum absolute atomic E-state index is 12.1. The van der Waals surface area contributed by atoms with Crippen LogP contribution < -0.4 is 10.5 Å². The van der Waals surface area contributed by atoms with Gasteiger partial charge in [0.2, 0.25) is 0 Å². The molecule has 1 heterocycles. The number of amides is 1. The molecule has 0 radical (unpaired) electrons. The van der Waals surface area contributed by atoms with Crippen LogP contribution in [0.2, 0.25) is 0 Å². The van der Waals surface area contributed by atoms with E-state index in [1.807, 2.05) is 7.05 Å². The predicted octanol–water partition coefficient (Wildman–Crippen LogP) is 0.866. The second-order valence-corrected chi connectivity index (χ2v) is 5.86. The fourth-order valence-corrected chi connectivity index (χ4v) is 2.43. The van der Waals surface area contributed by atoms with Crippen LogP contribution in [-0.4, -0.2) is 67.7 Å². The minimum atomic E-state index is -0.691. The molecule has 1 aliphatic rings. The van der Waals surface area contributed by atoms with Crippen molar-refractivity contribution in [3.8, 4) is 5.75 Å². The van der Waals surface area contributed by atoms with E-state index in [0.717, 1.165) is 18.7 Å². The molecule has 1 amide bonds. The van der Waals surface area contributed by atoms with Crippen molar-refractivity contribution in [1.29, 1.82) is 0 Å². The van der Waals surface area contributed by atoms with Gasteiger partial charge in [-0.05, 0) is 38.1 Å². The highest BCUT2D eigenvalue weighted by Gasteiger charge is 2.21. The molecule has 2 N–H and O–H groups in total. The number of nitrogens with zero attached hydrogens (tertiary/aromatic N) is 2. The summed E-state index contributed by atoms with van der Waals surface area (Å²) >= 11 is 0. The Balaban J connectivity index is 1.85. The standard InChI is InChI=1S/C17H25N3O4/c1-3-23-16(21)15(18)12-13-4-6-14(7-5-13)24-17(22)20-10-8-19(2)9-11-20/h4-7,15H,3,8-12,18H2,1-2H3/t15-/m0/s1. The fraction of sp³-hybridized carbons (Fsp3) is 0.529. The molecule has 1 aliphatic heterocycles. The summed E-state index contributed by atoms with van der Waals surface area (Å²) in [6, 6.07) is 6.32. The number of hydrogen-bond donors (Lipinski definition) is 1. The molecule has 0 unspecified atom stereocenters. The third-order valence-electron chi connectivity index (χ3n) is 3.93. The van der Waals surface area contributed by atoms with Gasteiger partial charge in [0.1, 0.15) is 11.8 Å². The summed E-state index contributed by atoms with van der Waals surface area (Å²) in [6.45, 7) is 5.09. The number of nitrogens with two attached hydrogens (primary N) is 1. The summed E-state index contributed by atoms with van der Waals surface area (Å²) in [5, 5.41) is 0. The van der Waals surface area contributed by atoms with Crippen LogP contribution in [0.3, 0.4) is 0 Å². The van der Waals surface area contributed by atoms with Gasteiger partial charge in [-0.1, -0.05) is 12.1 Å². The number of carbonyl (C=O) groups is 2. The SMILES string of the molecule is CCOC(=O)[C@@H](N)Cc1ccc(OC(=O)N2CCN(C)CC2)cc1. The Morgan fingerprint density at radius 1 is 1.17 bits per heavy atom. The van der Waals surface area contributed by atoms with E-state index in [-0.39, 0.29) is 6.09 Å². The number of ether oxygens (including phenoxy) is 2. The second kappa shape index (κ2) is 8.65. The molecule has 1 atom stereocenters. The lowest BCUT2D eigenvalue weighted by molar-refractivity contribution is -0.144. The molecule has 1 aromatic rings. The zero-order chi connectivity index (χ0) is 17.5. The van der Waals surface area contributed by atoms with Gasteiger partial charge in [0.25, 0.3) is 0 Å². The van der Waals surface area contributed by atoms with Crippen LogP contribution in [0.1, 0.15) is 12.5 Å². The molecule has 0 aliphatic carbocycles. The van der Waals surface area contributed by atoms with Crippen molar-refractivity contribution in [2.75, 3.05) is 39.8 Å². The van der Waals surface area contributed by atoms with E-state index < -0.39 is 12.0 Å². The Kier molecular flexibility index (Phi) is 6.57. The largest absolute Gasteiger partial charge is 0.465 e. The molecule has 1 fully saturated rings. The highest BCUT2D eigenvalue weighted by atomic mass is 16.6. The van der Waals surface area contributed by atoms with Gasteiger partial charge >= 0.3 is 12.1 Å². The summed E-state index contributed by atoms with van der Waals surface area (Å²) in [7, 11) is 2.03. The van der Waals surface area contributed by atoms with E-state index in [0.29, 0.717) is 31.9 Å². The van der Waals surface area contributed by atoms with Gasteiger partial charge in [0, 0.05) is 26.2 Å². The summed E-state index contributed by atoms with van der Waals surface area (Å²) in [4.78, 5) is 27.5. The first-order valence-electron chi connectivity index (χ1n) is 8.16. The highest BCUT2D eigenvalue weighted by molar-refractivity contribution is 5.76. The number of benzene rings is 1. The van der Waals surface area contributed by atoms with Crippen LogP contribution in [0.4, 0.5) is 4.79 Å². The van der Waals surface area contributed by atoms with Crippen LogP contribution in [0, 0.1) is 0 Å². The average Bonchev–Trinajstić information content (AvgIpc) is 2.57. The van der Waals surface area contributed by atoms with Crippen LogP contribution in [0.25, 0.3) is 0 Å². The zero-order valence-corrected chi connectivity index (χ0v) is 14.2. The van der Waals surface area contributed by atoms with Crippen molar-refractivity contribution >= 4 is 12.1 Å². The van der Waals surface area contributed by atoms with Crippen LogP contribution in [0.5, 0.6) is 5.75 Å². The molecule has 0 saturated carbocycles. The Hall–Kier alpha value is -2.12. The summed E-state index contributed by atoms with van der Waals surface area (Å²) < 4.78 is 10.3. The van der Waals surface area contributed by atoms with Crippen molar-refractivity contribution in [3.05, 3.63) is 29.8 Å². The van der Waals surface area contributed by atoms with Crippen molar-refractivity contribution in [2.45, 2.75) is 19.4 Å². The van der Waals surface area contributed by atoms with Gasteiger partial charge in [-0.2, -0.15) is 0 Å². The number of piperazine rings is 1. The Morgan fingerprint density at radius 3 is 2.38 bits per heavy atom. The normalized spacial score (nSPS) is 16.5. The molecule has 1 aromatic carbocycles. The molecular formula is C17H25N3O4. The molecule has 7 heteroatoms. The summed E-state index contributed by atoms with van der Waals surface area (Å²) in [5.74, 6) is 0.0652. The molecule has 0 bridgehead atoms. The van der Waals surface area contributed by atoms with Gasteiger partial charge < -0.3 is 25.0 Å². The van der Waals surface area contributed by atoms with Crippen LogP contribution in [0.15, 0.2) is 24.3 Å². The van der Waals surface area contributed by atoms with E-state index in [1.54, 1.807) is 36.1 Å². The number of carbonyl (C=O) groups excluding carboxylic acids is 2. The van der Waals surface area contributed by atoms with Gasteiger partial charge in [-0.15, -0.1) is 0 Å². The molecule has 1 saturated heterocycles. The number of hydrogen-bond acceptors (Lipinski definition) is 6. The monoisotopic (exact) mass is 335 g/mol. The van der Waals surface area contributed by atoms with Crippen molar-refractivity contribution < 1.29 is 19.1 Å². The Bertz CT molecular complexity index is 553. The van der Waals surface area contributed by atoms with E-state index in [4.69, 9.17) is 15.2 Å². The molecule has 0 spiro atoms. The number of rotatable bonds is 5. The average molecular weight is 335 g/mol.